The molecular formula is C29H41N3O2. The molecule has 5 nitrogen and oxygen atoms in total. The molecule has 0 aromatic heterocycles. The smallest absolute Gasteiger partial charge is 0.255 e. The van der Waals surface area contributed by atoms with E-state index in [4.69, 9.17) is 0 Å². The van der Waals surface area contributed by atoms with Crippen molar-refractivity contribution in [1.82, 2.24) is 15.5 Å². The molecule has 1 unspecified atom stereocenters. The molecule has 2 amide bonds. The van der Waals surface area contributed by atoms with Crippen LogP contribution in [0.1, 0.15) is 99.5 Å². The minimum atomic E-state index is -0.388. The van der Waals surface area contributed by atoms with Crippen molar-refractivity contribution in [3.05, 3.63) is 47.2 Å². The second-order valence-corrected chi connectivity index (χ2v) is 12.0. The number of hydrogen-bond acceptors (Lipinski definition) is 3. The number of piperidine rings is 1. The average Bonchev–Trinajstić information content (AvgIpc) is 3.12. The van der Waals surface area contributed by atoms with Crippen LogP contribution in [0.5, 0.6) is 0 Å². The Labute approximate surface area is 204 Å². The number of hydrogen-bond donors (Lipinski definition) is 2. The molecule has 2 N–H and O–H groups in total. The lowest BCUT2D eigenvalue weighted by atomic mass is 9.74. The van der Waals surface area contributed by atoms with Crippen LogP contribution in [0.3, 0.4) is 0 Å². The molecule has 3 atom stereocenters. The first-order valence-electron chi connectivity index (χ1n) is 13.5. The number of amides is 2. The van der Waals surface area contributed by atoms with E-state index in [1.807, 2.05) is 6.07 Å². The summed E-state index contributed by atoms with van der Waals surface area (Å²) in [4.78, 5) is 27.3. The Morgan fingerprint density at radius 2 is 1.85 bits per heavy atom. The monoisotopic (exact) mass is 463 g/mol. The first kappa shape index (κ1) is 23.6. The molecule has 34 heavy (non-hydrogen) atoms. The summed E-state index contributed by atoms with van der Waals surface area (Å²) < 4.78 is 0. The predicted octanol–water partition coefficient (Wildman–Crippen LogP) is 5.09. The van der Waals surface area contributed by atoms with Crippen LogP contribution in [0, 0.1) is 11.3 Å². The fraction of sp³-hybridized carbons (Fsp3) is 0.655. The van der Waals surface area contributed by atoms with Gasteiger partial charge < -0.3 is 15.5 Å². The maximum absolute atomic E-state index is 13.1. The van der Waals surface area contributed by atoms with Gasteiger partial charge in [-0.05, 0) is 86.3 Å². The number of nitrogens with zero attached hydrogens (tertiary/aromatic N) is 1. The van der Waals surface area contributed by atoms with E-state index in [-0.39, 0.29) is 17.9 Å². The van der Waals surface area contributed by atoms with Crippen molar-refractivity contribution in [2.75, 3.05) is 0 Å². The lowest BCUT2D eigenvalue weighted by molar-refractivity contribution is -0.126. The Morgan fingerprint density at radius 3 is 2.62 bits per heavy atom. The lowest BCUT2D eigenvalue weighted by Crippen LogP contribution is -2.49. The molecule has 1 aromatic carbocycles. The number of benzene rings is 1. The summed E-state index contributed by atoms with van der Waals surface area (Å²) in [5, 5.41) is 6.90. The highest BCUT2D eigenvalue weighted by atomic mass is 16.2. The van der Waals surface area contributed by atoms with Gasteiger partial charge in [0, 0.05) is 29.9 Å². The van der Waals surface area contributed by atoms with Gasteiger partial charge in [0.1, 0.15) is 6.04 Å². The van der Waals surface area contributed by atoms with Gasteiger partial charge in [0.05, 0.1) is 0 Å². The van der Waals surface area contributed by atoms with Gasteiger partial charge in [-0.2, -0.15) is 0 Å². The van der Waals surface area contributed by atoms with Crippen molar-refractivity contribution in [1.29, 1.82) is 0 Å². The zero-order chi connectivity index (χ0) is 23.9. The van der Waals surface area contributed by atoms with Crippen LogP contribution in [0.15, 0.2) is 30.5 Å². The van der Waals surface area contributed by atoms with Crippen LogP contribution in [-0.4, -0.2) is 34.8 Å². The molecule has 0 bridgehead atoms. The largest absolute Gasteiger partial charge is 0.329 e. The average molecular weight is 464 g/mol. The van der Waals surface area contributed by atoms with E-state index in [1.165, 1.54) is 56.9 Å². The second kappa shape index (κ2) is 9.49. The minimum Gasteiger partial charge on any atom is -0.329 e. The molecule has 0 radical (unpaired) electrons. The number of rotatable bonds is 5. The van der Waals surface area contributed by atoms with Crippen LogP contribution in [0.4, 0.5) is 0 Å². The fourth-order valence-electron chi connectivity index (χ4n) is 6.68. The Hall–Kier alpha value is -2.14. The van der Waals surface area contributed by atoms with Gasteiger partial charge in [-0.25, -0.2) is 0 Å². The summed E-state index contributed by atoms with van der Waals surface area (Å²) in [5.41, 5.74) is 4.43. The maximum atomic E-state index is 13.1. The summed E-state index contributed by atoms with van der Waals surface area (Å²) in [6.07, 6.45) is 12.9. The molecule has 1 aromatic rings. The highest BCUT2D eigenvalue weighted by Gasteiger charge is 2.38. The summed E-state index contributed by atoms with van der Waals surface area (Å²) in [5.74, 6) is 0.552. The van der Waals surface area contributed by atoms with Gasteiger partial charge in [-0.15, -0.1) is 0 Å². The molecule has 3 fully saturated rings. The van der Waals surface area contributed by atoms with Crippen molar-refractivity contribution in [3.63, 3.8) is 0 Å². The zero-order valence-corrected chi connectivity index (χ0v) is 21.0. The van der Waals surface area contributed by atoms with Crippen LogP contribution in [-0.2, 0) is 17.8 Å². The van der Waals surface area contributed by atoms with Gasteiger partial charge >= 0.3 is 0 Å². The van der Waals surface area contributed by atoms with E-state index in [0.717, 1.165) is 29.7 Å². The summed E-state index contributed by atoms with van der Waals surface area (Å²) >= 11 is 0. The van der Waals surface area contributed by atoms with Gasteiger partial charge in [-0.3, -0.25) is 9.59 Å². The molecule has 0 spiro atoms. The third-order valence-corrected chi connectivity index (χ3v) is 8.90. The van der Waals surface area contributed by atoms with E-state index in [2.05, 4.69) is 43.2 Å². The van der Waals surface area contributed by atoms with Gasteiger partial charge in [0.25, 0.3) is 5.91 Å². The molecule has 2 aliphatic heterocycles. The van der Waals surface area contributed by atoms with Crippen molar-refractivity contribution >= 4 is 11.8 Å². The first-order valence-corrected chi connectivity index (χ1v) is 13.5. The standard InChI is InChI=1S/C29H41N3O2/c1-19-8-11-26(27(33)30-19)32-18-22-17-20(9-10-24(22)28(32)34)16-21-6-4-5-7-25(21)31-23-12-14-29(2,3)15-13-23/h9-10,17,21,23,25-26,31H,1,4-8,11-16,18H2,2-3H3,(H,30,33)/t21-,25+,26?/m1/s1. The summed E-state index contributed by atoms with van der Waals surface area (Å²) in [7, 11) is 0. The highest BCUT2D eigenvalue weighted by Crippen LogP contribution is 2.37. The van der Waals surface area contributed by atoms with Crippen molar-refractivity contribution in [2.24, 2.45) is 11.3 Å². The molecule has 5 heteroatoms. The first-order chi connectivity index (χ1) is 16.3. The molecule has 2 saturated carbocycles. The van der Waals surface area contributed by atoms with E-state index in [9.17, 15) is 9.59 Å². The Balaban J connectivity index is 1.24. The van der Waals surface area contributed by atoms with Gasteiger partial charge in [0.15, 0.2) is 0 Å². The normalized spacial score (nSPS) is 29.8. The molecule has 4 aliphatic rings. The van der Waals surface area contributed by atoms with E-state index >= 15 is 0 Å². The predicted molar refractivity (Wildman–Crippen MR) is 135 cm³/mol. The number of carbonyl (C=O) groups excluding carboxylic acids is 2. The Kier molecular flexibility index (Phi) is 6.58. The van der Waals surface area contributed by atoms with Crippen molar-refractivity contribution < 1.29 is 9.59 Å². The lowest BCUT2D eigenvalue weighted by Gasteiger charge is -2.40. The zero-order valence-electron chi connectivity index (χ0n) is 21.0. The molecule has 1 saturated heterocycles. The number of nitrogens with one attached hydrogen (secondary N) is 2. The Bertz CT molecular complexity index is 958. The van der Waals surface area contributed by atoms with E-state index in [1.54, 1.807) is 4.90 Å². The molecule has 2 heterocycles. The topological polar surface area (TPSA) is 61.4 Å². The number of carbonyl (C=O) groups is 2. The quantitative estimate of drug-likeness (QED) is 0.639. The second-order valence-electron chi connectivity index (χ2n) is 12.0. The molecule has 5 rings (SSSR count). The third-order valence-electron chi connectivity index (χ3n) is 8.90. The molecule has 184 valence electrons. The van der Waals surface area contributed by atoms with Crippen LogP contribution < -0.4 is 10.6 Å². The fourth-order valence-corrected chi connectivity index (χ4v) is 6.68. The van der Waals surface area contributed by atoms with Crippen LogP contribution in [0.25, 0.3) is 0 Å². The Morgan fingerprint density at radius 1 is 1.09 bits per heavy atom. The molecular weight excluding hydrogens is 422 g/mol. The summed E-state index contributed by atoms with van der Waals surface area (Å²) in [6.45, 7) is 9.21. The van der Waals surface area contributed by atoms with Gasteiger partial charge in [0.2, 0.25) is 5.91 Å². The van der Waals surface area contributed by atoms with Crippen LogP contribution >= 0.6 is 0 Å². The number of allylic oxidation sites excluding steroid dienone is 1. The van der Waals surface area contributed by atoms with Crippen LogP contribution in [0.2, 0.25) is 0 Å². The van der Waals surface area contributed by atoms with Crippen molar-refractivity contribution in [2.45, 2.75) is 109 Å². The SMILES string of the molecule is C=C1CCC(N2Cc3cc(C[C@H]4CCCC[C@@H]4NC4CCC(C)(C)CC4)ccc3C2=O)C(=O)N1. The maximum Gasteiger partial charge on any atom is 0.255 e. The number of fused-ring (bicyclic) bond motifs is 1. The summed E-state index contributed by atoms with van der Waals surface area (Å²) in [6, 6.07) is 7.27. The van der Waals surface area contributed by atoms with E-state index < -0.39 is 0 Å². The highest BCUT2D eigenvalue weighted by molar-refractivity contribution is 6.01. The van der Waals surface area contributed by atoms with Crippen molar-refractivity contribution in [3.8, 4) is 0 Å². The minimum absolute atomic E-state index is 0.00774. The van der Waals surface area contributed by atoms with E-state index in [0.29, 0.717) is 36.4 Å². The van der Waals surface area contributed by atoms with Gasteiger partial charge in [-0.1, -0.05) is 45.4 Å². The third kappa shape index (κ3) is 4.95. The molecule has 2 aliphatic carbocycles.